The lowest BCUT2D eigenvalue weighted by Crippen LogP contribution is -2.24. The molecule has 1 aromatic carbocycles. The van der Waals surface area contributed by atoms with E-state index in [2.05, 4.69) is 0 Å². The van der Waals surface area contributed by atoms with Crippen LogP contribution in [0.15, 0.2) is 23.0 Å². The topological polar surface area (TPSA) is 143 Å². The van der Waals surface area contributed by atoms with Crippen molar-refractivity contribution in [2.75, 3.05) is 5.73 Å². The van der Waals surface area contributed by atoms with E-state index < -0.39 is 40.3 Å². The molecule has 1 heterocycles. The summed E-state index contributed by atoms with van der Waals surface area (Å²) >= 11 is 0. The second kappa shape index (κ2) is 8.00. The summed E-state index contributed by atoms with van der Waals surface area (Å²) in [6.07, 6.45) is 0.520. The molecule has 5 N–H and O–H groups in total. The number of aromatic nitrogens is 1. The minimum atomic E-state index is -1.63. The first-order chi connectivity index (χ1) is 12.7. The molecule has 144 valence electrons. The zero-order chi connectivity index (χ0) is 20.3. The number of nitrogens with two attached hydrogens (primary N) is 1. The summed E-state index contributed by atoms with van der Waals surface area (Å²) in [7, 11) is 0. The highest BCUT2D eigenvalue weighted by Gasteiger charge is 2.28. The third-order valence-corrected chi connectivity index (χ3v) is 4.11. The van der Waals surface area contributed by atoms with Crippen molar-refractivity contribution < 1.29 is 28.9 Å². The van der Waals surface area contributed by atoms with Crippen molar-refractivity contribution in [3.8, 4) is 11.1 Å². The first-order valence-electron chi connectivity index (χ1n) is 8.10. The van der Waals surface area contributed by atoms with E-state index in [1.165, 1.54) is 6.07 Å². The summed E-state index contributed by atoms with van der Waals surface area (Å²) in [4.78, 5) is 37.5. The normalized spacial score (nSPS) is 12.0. The van der Waals surface area contributed by atoms with Gasteiger partial charge in [-0.25, -0.2) is 14.0 Å². The third kappa shape index (κ3) is 4.14. The van der Waals surface area contributed by atoms with Crippen molar-refractivity contribution in [1.82, 2.24) is 4.98 Å². The smallest absolute Gasteiger partial charge is 0.342 e. The highest BCUT2D eigenvalue weighted by atomic mass is 19.1. The number of carboxylic acid groups (broad SMARTS) is 2. The molecule has 0 saturated heterocycles. The Hall–Kier alpha value is -3.20. The number of nitrogen functional groups attached to an aromatic ring is 1. The van der Waals surface area contributed by atoms with Gasteiger partial charge in [-0.1, -0.05) is 13.0 Å². The van der Waals surface area contributed by atoms with Gasteiger partial charge >= 0.3 is 11.9 Å². The van der Waals surface area contributed by atoms with Gasteiger partial charge in [0.15, 0.2) is 0 Å². The van der Waals surface area contributed by atoms with Crippen LogP contribution >= 0.6 is 0 Å². The molecule has 2 aromatic rings. The Labute approximate surface area is 153 Å². The first-order valence-corrected chi connectivity index (χ1v) is 8.10. The number of hydrogen-bond donors (Lipinski definition) is 4. The van der Waals surface area contributed by atoms with Crippen molar-refractivity contribution in [3.05, 3.63) is 51.1 Å². The predicted molar refractivity (Wildman–Crippen MR) is 95.3 cm³/mol. The van der Waals surface area contributed by atoms with E-state index in [-0.39, 0.29) is 29.4 Å². The van der Waals surface area contributed by atoms with Gasteiger partial charge in [0.25, 0.3) is 5.56 Å². The van der Waals surface area contributed by atoms with Gasteiger partial charge in [0.1, 0.15) is 22.8 Å². The number of anilines is 1. The number of carbonyl (C=O) groups is 2. The number of rotatable bonds is 7. The molecule has 9 heteroatoms. The van der Waals surface area contributed by atoms with Gasteiger partial charge in [-0.2, -0.15) is 0 Å². The van der Waals surface area contributed by atoms with Crippen LogP contribution < -0.4 is 11.3 Å². The Morgan fingerprint density at radius 3 is 2.44 bits per heavy atom. The maximum absolute atomic E-state index is 13.8. The van der Waals surface area contributed by atoms with Crippen molar-refractivity contribution in [1.29, 1.82) is 0 Å². The van der Waals surface area contributed by atoms with E-state index >= 15 is 0 Å². The second-order valence-corrected chi connectivity index (χ2v) is 5.93. The molecule has 0 spiro atoms. The van der Waals surface area contributed by atoms with Crippen LogP contribution in [0.5, 0.6) is 0 Å². The summed E-state index contributed by atoms with van der Waals surface area (Å²) in [6, 6.07) is 3.35. The highest BCUT2D eigenvalue weighted by molar-refractivity contribution is 6.07. The molecule has 0 radical (unpaired) electrons. The lowest BCUT2D eigenvalue weighted by Gasteiger charge is -2.17. The van der Waals surface area contributed by atoms with E-state index in [4.69, 9.17) is 10.5 Å². The van der Waals surface area contributed by atoms with Crippen LogP contribution in [-0.4, -0.2) is 33.2 Å². The zero-order valence-corrected chi connectivity index (χ0v) is 14.7. The van der Waals surface area contributed by atoms with E-state index in [0.29, 0.717) is 6.42 Å². The molecule has 1 unspecified atom stereocenters. The van der Waals surface area contributed by atoms with Crippen LogP contribution in [-0.2, 0) is 11.3 Å². The fourth-order valence-electron chi connectivity index (χ4n) is 2.59. The van der Waals surface area contributed by atoms with Gasteiger partial charge in [-0.3, -0.25) is 4.79 Å². The van der Waals surface area contributed by atoms with Crippen LogP contribution in [0, 0.1) is 5.82 Å². The molecular weight excluding hydrogens is 359 g/mol. The average Bonchev–Trinajstić information content (AvgIpc) is 2.58. The molecule has 0 fully saturated rings. The minimum Gasteiger partial charge on any atom is -0.478 e. The number of nitrogens with one attached hydrogen (secondary N) is 1. The zero-order valence-electron chi connectivity index (χ0n) is 14.7. The van der Waals surface area contributed by atoms with Gasteiger partial charge in [-0.05, 0) is 36.6 Å². The van der Waals surface area contributed by atoms with Gasteiger partial charge in [0, 0.05) is 5.56 Å². The van der Waals surface area contributed by atoms with Crippen molar-refractivity contribution in [2.45, 2.75) is 33.0 Å². The molecule has 8 nitrogen and oxygen atoms in total. The van der Waals surface area contributed by atoms with E-state index in [9.17, 15) is 29.0 Å². The third-order valence-electron chi connectivity index (χ3n) is 4.11. The summed E-state index contributed by atoms with van der Waals surface area (Å²) in [5, 5.41) is 19.0. The number of H-pyrrole nitrogens is 1. The summed E-state index contributed by atoms with van der Waals surface area (Å²) < 4.78 is 19.3. The molecule has 27 heavy (non-hydrogen) atoms. The van der Waals surface area contributed by atoms with E-state index in [0.717, 1.165) is 12.1 Å². The Morgan fingerprint density at radius 1 is 1.26 bits per heavy atom. The lowest BCUT2D eigenvalue weighted by atomic mass is 9.92. The maximum Gasteiger partial charge on any atom is 0.342 e. The van der Waals surface area contributed by atoms with Gasteiger partial charge < -0.3 is 25.7 Å². The number of halogens is 1. The molecule has 0 saturated carbocycles. The number of hydrogen-bond acceptors (Lipinski definition) is 5. The van der Waals surface area contributed by atoms with E-state index in [1.807, 2.05) is 11.9 Å². The molecule has 1 atom stereocenters. The van der Waals surface area contributed by atoms with Crippen LogP contribution in [0.25, 0.3) is 11.1 Å². The van der Waals surface area contributed by atoms with Crippen molar-refractivity contribution in [2.24, 2.45) is 0 Å². The van der Waals surface area contributed by atoms with Gasteiger partial charge in [0.05, 0.1) is 12.7 Å². The maximum atomic E-state index is 13.8. The van der Waals surface area contributed by atoms with Gasteiger partial charge in [-0.15, -0.1) is 0 Å². The quantitative estimate of drug-likeness (QED) is 0.579. The Morgan fingerprint density at radius 2 is 1.89 bits per heavy atom. The summed E-state index contributed by atoms with van der Waals surface area (Å²) in [5.41, 5.74) is 3.05. The number of carboxylic acids is 2. The molecule has 1 aromatic heterocycles. The second-order valence-electron chi connectivity index (χ2n) is 5.93. The molecule has 0 aliphatic carbocycles. The lowest BCUT2D eigenvalue weighted by molar-refractivity contribution is 0.0509. The standard InChI is InChI=1S/C18H19FN2O6/c1-3-8(2)27-7-9-6-10(19)4-5-11(9)12-13(17(23)24)15(20)21-16(22)14(12)18(25)26/h4-6,8H,3,7H2,1-2H3,(H,23,24)(H,25,26)(H3,20,21,22). The minimum absolute atomic E-state index is 0.0484. The molecular formula is C18H19FN2O6. The largest absolute Gasteiger partial charge is 0.478 e. The van der Waals surface area contributed by atoms with Crippen molar-refractivity contribution >= 4 is 17.8 Å². The number of aromatic amines is 1. The SMILES string of the molecule is CCC(C)OCc1cc(F)ccc1-c1c(C(=O)O)c(N)[nH]c(=O)c1C(=O)O. The average molecular weight is 378 g/mol. The molecule has 2 rings (SSSR count). The summed E-state index contributed by atoms with van der Waals surface area (Å²) in [6.45, 7) is 3.59. The number of aromatic carboxylic acids is 2. The Bertz CT molecular complexity index is 954. The Balaban J connectivity index is 2.83. The highest BCUT2D eigenvalue weighted by Crippen LogP contribution is 2.32. The fourth-order valence-corrected chi connectivity index (χ4v) is 2.59. The molecule has 0 amide bonds. The molecule has 0 bridgehead atoms. The monoisotopic (exact) mass is 378 g/mol. The first kappa shape index (κ1) is 20.1. The number of pyridine rings is 1. The van der Waals surface area contributed by atoms with Crippen LogP contribution in [0.4, 0.5) is 10.2 Å². The number of ether oxygens (including phenoxy) is 1. The number of benzene rings is 1. The molecule has 0 aliphatic heterocycles. The van der Waals surface area contributed by atoms with Crippen LogP contribution in [0.3, 0.4) is 0 Å². The predicted octanol–water partition coefficient (Wildman–Crippen LogP) is 2.47. The van der Waals surface area contributed by atoms with Crippen LogP contribution in [0.1, 0.15) is 46.5 Å². The molecule has 0 aliphatic rings. The van der Waals surface area contributed by atoms with E-state index in [1.54, 1.807) is 6.92 Å². The van der Waals surface area contributed by atoms with Crippen molar-refractivity contribution in [3.63, 3.8) is 0 Å². The Kier molecular flexibility index (Phi) is 5.96. The summed E-state index contributed by atoms with van der Waals surface area (Å²) in [5.74, 6) is -4.27. The van der Waals surface area contributed by atoms with Crippen LogP contribution in [0.2, 0.25) is 0 Å². The van der Waals surface area contributed by atoms with Gasteiger partial charge in [0.2, 0.25) is 0 Å². The fraction of sp³-hybridized carbons (Fsp3) is 0.278.